The van der Waals surface area contributed by atoms with E-state index in [1.807, 2.05) is 13.0 Å². The first-order valence-electron chi connectivity index (χ1n) is 9.56. The van der Waals surface area contributed by atoms with Crippen molar-refractivity contribution in [3.05, 3.63) is 22.3 Å². The summed E-state index contributed by atoms with van der Waals surface area (Å²) in [5.74, 6) is -4.36. The highest BCUT2D eigenvalue weighted by molar-refractivity contribution is 9.10. The second-order valence-corrected chi connectivity index (χ2v) is 9.07. The van der Waals surface area contributed by atoms with Gasteiger partial charge in [0.1, 0.15) is 16.3 Å². The summed E-state index contributed by atoms with van der Waals surface area (Å²) in [4.78, 5) is 29.1. The number of nitrogens with one attached hydrogen (secondary N) is 3. The van der Waals surface area contributed by atoms with Crippen molar-refractivity contribution in [2.45, 2.75) is 57.0 Å². The minimum atomic E-state index is -2.91. The van der Waals surface area contributed by atoms with Gasteiger partial charge in [0, 0.05) is 24.4 Å². The van der Waals surface area contributed by atoms with E-state index in [9.17, 15) is 18.4 Å². The molecule has 0 radical (unpaired) electrons. The fourth-order valence-corrected chi connectivity index (χ4v) is 4.73. The lowest BCUT2D eigenvalue weighted by Gasteiger charge is -2.21. The first-order valence-corrected chi connectivity index (χ1v) is 10.4. The first-order chi connectivity index (χ1) is 13.2. The summed E-state index contributed by atoms with van der Waals surface area (Å²) in [6, 6.07) is 3.41. The molecule has 4 rings (SSSR count). The van der Waals surface area contributed by atoms with Crippen molar-refractivity contribution >= 4 is 33.6 Å². The van der Waals surface area contributed by atoms with Crippen LogP contribution in [0.3, 0.4) is 0 Å². The standard InChI is InChI=1S/C19H23BrF2N4O2/c1-10-4-5-14(20)25-15(10)26-17(28)12-7-18(8-13(18)24-12)9-23-16(27)11-3-2-6-19(11,21)22/h4-5,11-13,24H,2-3,6-9H2,1H3,(H,23,27)(H,25,26,28)/t11?,12-,13+,18-/m0/s1. The highest BCUT2D eigenvalue weighted by atomic mass is 79.9. The number of nitrogens with zero attached hydrogens (tertiary/aromatic N) is 1. The van der Waals surface area contributed by atoms with E-state index < -0.39 is 17.7 Å². The molecule has 152 valence electrons. The summed E-state index contributed by atoms with van der Waals surface area (Å²) in [6.07, 6.45) is 1.80. The summed E-state index contributed by atoms with van der Waals surface area (Å²) in [7, 11) is 0. The molecule has 2 amide bonds. The molecule has 4 atom stereocenters. The van der Waals surface area contributed by atoms with Crippen LogP contribution >= 0.6 is 15.9 Å². The van der Waals surface area contributed by atoms with Crippen molar-refractivity contribution in [3.8, 4) is 0 Å². The van der Waals surface area contributed by atoms with E-state index in [-0.39, 0.29) is 36.2 Å². The van der Waals surface area contributed by atoms with Gasteiger partial charge < -0.3 is 16.0 Å². The van der Waals surface area contributed by atoms with E-state index in [0.717, 1.165) is 12.0 Å². The molecule has 2 aliphatic carbocycles. The van der Waals surface area contributed by atoms with Crippen molar-refractivity contribution in [1.29, 1.82) is 0 Å². The second-order valence-electron chi connectivity index (χ2n) is 8.25. The topological polar surface area (TPSA) is 83.1 Å². The number of halogens is 3. The summed E-state index contributed by atoms with van der Waals surface area (Å²) >= 11 is 3.29. The lowest BCUT2D eigenvalue weighted by molar-refractivity contribution is -0.136. The summed E-state index contributed by atoms with van der Waals surface area (Å²) in [5.41, 5.74) is 0.643. The SMILES string of the molecule is Cc1ccc(Br)nc1NC(=O)[C@@H]1C[C@@]2(CNC(=O)C3CCCC3(F)F)C[C@H]2N1. The third-order valence-corrected chi connectivity index (χ3v) is 6.71. The molecule has 1 aromatic heterocycles. The Hall–Kier alpha value is -1.61. The van der Waals surface area contributed by atoms with Crippen molar-refractivity contribution in [3.63, 3.8) is 0 Å². The monoisotopic (exact) mass is 456 g/mol. The average molecular weight is 457 g/mol. The van der Waals surface area contributed by atoms with Crippen molar-refractivity contribution in [1.82, 2.24) is 15.6 Å². The second kappa shape index (κ2) is 7.02. The molecule has 0 spiro atoms. The highest BCUT2D eigenvalue weighted by Crippen LogP contribution is 2.54. The van der Waals surface area contributed by atoms with Gasteiger partial charge in [-0.25, -0.2) is 13.8 Å². The molecule has 9 heteroatoms. The van der Waals surface area contributed by atoms with Gasteiger partial charge in [0.15, 0.2) is 0 Å². The van der Waals surface area contributed by atoms with Gasteiger partial charge in [0.2, 0.25) is 11.8 Å². The molecular weight excluding hydrogens is 434 g/mol. The molecule has 3 N–H and O–H groups in total. The van der Waals surface area contributed by atoms with E-state index in [2.05, 4.69) is 36.9 Å². The van der Waals surface area contributed by atoms with Crippen LogP contribution in [0.25, 0.3) is 0 Å². The van der Waals surface area contributed by atoms with Crippen molar-refractivity contribution in [2.24, 2.45) is 11.3 Å². The predicted octanol–water partition coefficient (Wildman–Crippen LogP) is 2.76. The van der Waals surface area contributed by atoms with Gasteiger partial charge in [0.05, 0.1) is 6.04 Å². The smallest absolute Gasteiger partial charge is 0.259 e. The summed E-state index contributed by atoms with van der Waals surface area (Å²) in [6.45, 7) is 2.19. The largest absolute Gasteiger partial charge is 0.355 e. The fourth-order valence-electron chi connectivity index (χ4n) is 4.42. The molecule has 3 aliphatic rings. The Morgan fingerprint density at radius 3 is 2.82 bits per heavy atom. The number of carbonyl (C=O) groups is 2. The minimum Gasteiger partial charge on any atom is -0.355 e. The normalized spacial score (nSPS) is 32.6. The van der Waals surface area contributed by atoms with Crippen LogP contribution in [0, 0.1) is 18.3 Å². The molecule has 0 bridgehead atoms. The van der Waals surface area contributed by atoms with Crippen molar-refractivity contribution < 1.29 is 18.4 Å². The maximum absolute atomic E-state index is 13.8. The molecule has 1 saturated heterocycles. The lowest BCUT2D eigenvalue weighted by atomic mass is 9.98. The predicted molar refractivity (Wildman–Crippen MR) is 103 cm³/mol. The Labute approximate surface area is 170 Å². The van der Waals surface area contributed by atoms with Gasteiger partial charge >= 0.3 is 0 Å². The molecule has 3 fully saturated rings. The van der Waals surface area contributed by atoms with E-state index in [1.54, 1.807) is 6.07 Å². The molecule has 1 unspecified atom stereocenters. The van der Waals surface area contributed by atoms with Crippen LogP contribution in [0.4, 0.5) is 14.6 Å². The van der Waals surface area contributed by atoms with Gasteiger partial charge in [-0.1, -0.05) is 6.07 Å². The third kappa shape index (κ3) is 3.66. The zero-order valence-corrected chi connectivity index (χ0v) is 17.1. The summed E-state index contributed by atoms with van der Waals surface area (Å²) in [5, 5.41) is 8.84. The summed E-state index contributed by atoms with van der Waals surface area (Å²) < 4.78 is 28.2. The zero-order valence-electron chi connectivity index (χ0n) is 15.5. The maximum atomic E-state index is 13.8. The zero-order chi connectivity index (χ0) is 20.1. The van der Waals surface area contributed by atoms with Crippen LogP contribution in [0.5, 0.6) is 0 Å². The Morgan fingerprint density at radius 1 is 1.32 bits per heavy atom. The number of pyridine rings is 1. The first kappa shape index (κ1) is 19.7. The number of amides is 2. The van der Waals surface area contributed by atoms with Crippen molar-refractivity contribution in [2.75, 3.05) is 11.9 Å². The van der Waals surface area contributed by atoms with Gasteiger partial charge in [-0.2, -0.15) is 0 Å². The molecule has 28 heavy (non-hydrogen) atoms. The van der Waals surface area contributed by atoms with E-state index in [0.29, 0.717) is 29.8 Å². The molecule has 1 aromatic rings. The number of hydrogen-bond donors (Lipinski definition) is 3. The molecule has 1 aliphatic heterocycles. The van der Waals surface area contributed by atoms with Crippen LogP contribution in [0.15, 0.2) is 16.7 Å². The average Bonchev–Trinajstić information content (AvgIpc) is 2.98. The van der Waals surface area contributed by atoms with Crippen LogP contribution < -0.4 is 16.0 Å². The Balaban J connectivity index is 1.32. The molecule has 2 saturated carbocycles. The maximum Gasteiger partial charge on any atom is 0.259 e. The highest BCUT2D eigenvalue weighted by Gasteiger charge is 2.61. The Bertz CT molecular complexity index is 821. The quantitative estimate of drug-likeness (QED) is 0.594. The Kier molecular flexibility index (Phi) is 4.94. The van der Waals surface area contributed by atoms with E-state index in [1.165, 1.54) is 0 Å². The number of aryl methyl sites for hydroxylation is 1. The number of anilines is 1. The lowest BCUT2D eigenvalue weighted by Crippen LogP contribution is -2.41. The number of rotatable bonds is 5. The Morgan fingerprint density at radius 2 is 2.11 bits per heavy atom. The molecule has 6 nitrogen and oxygen atoms in total. The molecule has 2 heterocycles. The van der Waals surface area contributed by atoms with Crippen LogP contribution in [0.2, 0.25) is 0 Å². The van der Waals surface area contributed by atoms with Crippen LogP contribution in [-0.4, -0.2) is 41.3 Å². The van der Waals surface area contributed by atoms with Crippen LogP contribution in [-0.2, 0) is 9.59 Å². The molecular formula is C19H23BrF2N4O2. The molecule has 0 aromatic carbocycles. The van der Waals surface area contributed by atoms with Crippen LogP contribution in [0.1, 0.15) is 37.7 Å². The number of alkyl halides is 2. The number of fused-ring (bicyclic) bond motifs is 1. The van der Waals surface area contributed by atoms with E-state index in [4.69, 9.17) is 0 Å². The van der Waals surface area contributed by atoms with Gasteiger partial charge in [-0.3, -0.25) is 9.59 Å². The van der Waals surface area contributed by atoms with Gasteiger partial charge in [0.25, 0.3) is 5.92 Å². The number of piperidine rings is 1. The van der Waals surface area contributed by atoms with E-state index >= 15 is 0 Å². The number of carbonyl (C=O) groups excluding carboxylic acids is 2. The minimum absolute atomic E-state index is 0.129. The van der Waals surface area contributed by atoms with Gasteiger partial charge in [-0.05, 0) is 60.2 Å². The fraction of sp³-hybridized carbons (Fsp3) is 0.632. The number of aromatic nitrogens is 1. The third-order valence-electron chi connectivity index (χ3n) is 6.27. The number of hydrogen-bond acceptors (Lipinski definition) is 4. The van der Waals surface area contributed by atoms with Gasteiger partial charge in [-0.15, -0.1) is 0 Å².